The molecular weight excluding hydrogens is 201 g/mol. The molecule has 9 heavy (non-hydrogen) atoms. The minimum atomic E-state index is 0.367. The fourth-order valence-corrected chi connectivity index (χ4v) is 1.74. The van der Waals surface area contributed by atoms with Crippen molar-refractivity contribution in [1.29, 1.82) is 0 Å². The molecule has 0 aliphatic carbocycles. The summed E-state index contributed by atoms with van der Waals surface area (Å²) < 4.78 is 6.34. The predicted molar refractivity (Wildman–Crippen MR) is 33.9 cm³/mol. The van der Waals surface area contributed by atoms with Crippen molar-refractivity contribution in [1.82, 2.24) is 0 Å². The molecule has 1 atom stereocenters. The molecule has 0 N–H and O–H groups in total. The monoisotopic (exact) mass is 212 g/mol. The molecule has 1 nitrogen and oxygen atoms in total. The normalized spacial score (nSPS) is 28.0. The van der Waals surface area contributed by atoms with Crippen molar-refractivity contribution < 1.29 is 22.6 Å². The Morgan fingerprint density at radius 1 is 1.78 bits per heavy atom. The average molecular weight is 211 g/mol. The second-order valence-electron chi connectivity index (χ2n) is 2.42. The molecular formula is C7H10ORu+. The Morgan fingerprint density at radius 3 is 2.89 bits per heavy atom. The summed E-state index contributed by atoms with van der Waals surface area (Å²) in [5.41, 5.74) is 1.40. The Hall–Kier alpha value is 0.193. The summed E-state index contributed by atoms with van der Waals surface area (Å²) in [6, 6.07) is 0. The SMILES string of the molecule is CC1=C[C](=[Ru+])OC(C)C1. The van der Waals surface area contributed by atoms with Crippen LogP contribution in [0.1, 0.15) is 20.3 Å². The molecule has 0 spiro atoms. The first kappa shape index (κ1) is 7.30. The fraction of sp³-hybridized carbons (Fsp3) is 0.571. The molecule has 0 radical (unpaired) electrons. The van der Waals surface area contributed by atoms with E-state index in [0.717, 1.165) is 10.7 Å². The zero-order valence-corrected chi connectivity index (χ0v) is 7.36. The molecule has 51 valence electrons. The summed E-state index contributed by atoms with van der Waals surface area (Å²) in [5, 5.41) is 0. The number of hydrogen-bond donors (Lipinski definition) is 0. The molecule has 2 heteroatoms. The van der Waals surface area contributed by atoms with Gasteiger partial charge in [-0.15, -0.1) is 0 Å². The minimum absolute atomic E-state index is 0.367. The van der Waals surface area contributed by atoms with E-state index in [2.05, 4.69) is 37.8 Å². The van der Waals surface area contributed by atoms with E-state index in [0.29, 0.717) is 6.10 Å². The van der Waals surface area contributed by atoms with E-state index in [1.54, 1.807) is 0 Å². The molecule has 0 fully saturated rings. The van der Waals surface area contributed by atoms with Gasteiger partial charge in [0.05, 0.1) is 0 Å². The summed E-state index contributed by atoms with van der Waals surface area (Å²) in [4.78, 5) is 0. The van der Waals surface area contributed by atoms with Gasteiger partial charge in [-0.1, -0.05) is 0 Å². The van der Waals surface area contributed by atoms with Gasteiger partial charge in [0.2, 0.25) is 0 Å². The molecule has 1 aliphatic heterocycles. The Balaban J connectivity index is 2.67. The van der Waals surface area contributed by atoms with Crippen LogP contribution in [0.4, 0.5) is 0 Å². The standard InChI is InChI=1S/C7H10O.Ru/c1-6-3-4-8-7(2)5-6;/h3,7H,5H2,1-2H3;/q;+1. The average Bonchev–Trinajstić information content (AvgIpc) is 1.59. The van der Waals surface area contributed by atoms with Gasteiger partial charge in [0.25, 0.3) is 0 Å². The maximum absolute atomic E-state index is 5.37. The molecule has 0 aromatic rings. The van der Waals surface area contributed by atoms with E-state index in [-0.39, 0.29) is 0 Å². The zero-order chi connectivity index (χ0) is 6.85. The van der Waals surface area contributed by atoms with Gasteiger partial charge in [0.15, 0.2) is 0 Å². The van der Waals surface area contributed by atoms with Crippen molar-refractivity contribution in [2.45, 2.75) is 26.4 Å². The number of ether oxygens (including phenoxy) is 1. The third-order valence-electron chi connectivity index (χ3n) is 1.28. The van der Waals surface area contributed by atoms with E-state index >= 15 is 0 Å². The molecule has 0 saturated heterocycles. The van der Waals surface area contributed by atoms with Gasteiger partial charge in [0, 0.05) is 0 Å². The van der Waals surface area contributed by atoms with Gasteiger partial charge < -0.3 is 0 Å². The predicted octanol–water partition coefficient (Wildman–Crippen LogP) is 1.42. The van der Waals surface area contributed by atoms with Gasteiger partial charge in [-0.2, -0.15) is 0 Å². The van der Waals surface area contributed by atoms with Gasteiger partial charge in [0.1, 0.15) is 0 Å². The summed E-state index contributed by atoms with van der Waals surface area (Å²) in [6.45, 7) is 4.22. The number of rotatable bonds is 0. The van der Waals surface area contributed by atoms with Crippen molar-refractivity contribution in [3.05, 3.63) is 11.6 Å². The molecule has 1 heterocycles. The van der Waals surface area contributed by atoms with Crippen LogP contribution in [0.15, 0.2) is 11.6 Å². The Labute approximate surface area is 65.3 Å². The van der Waals surface area contributed by atoms with Gasteiger partial charge >= 0.3 is 64.9 Å². The molecule has 0 aromatic carbocycles. The van der Waals surface area contributed by atoms with Crippen molar-refractivity contribution in [3.63, 3.8) is 0 Å². The van der Waals surface area contributed by atoms with Crippen LogP contribution in [0.5, 0.6) is 0 Å². The maximum atomic E-state index is 5.37. The van der Waals surface area contributed by atoms with Gasteiger partial charge in [-0.25, -0.2) is 0 Å². The number of hydrogen-bond acceptors (Lipinski definition) is 1. The molecule has 1 rings (SSSR count). The molecule has 0 amide bonds. The Morgan fingerprint density at radius 2 is 2.44 bits per heavy atom. The van der Waals surface area contributed by atoms with Crippen molar-refractivity contribution >= 4 is 4.29 Å². The van der Waals surface area contributed by atoms with Gasteiger partial charge in [-0.05, 0) is 0 Å². The van der Waals surface area contributed by atoms with Crippen LogP contribution < -0.4 is 0 Å². The van der Waals surface area contributed by atoms with Gasteiger partial charge in [-0.3, -0.25) is 0 Å². The van der Waals surface area contributed by atoms with E-state index in [4.69, 9.17) is 4.74 Å². The summed E-state index contributed by atoms with van der Waals surface area (Å²) in [6.07, 6.45) is 3.50. The molecule has 0 bridgehead atoms. The molecule has 0 saturated carbocycles. The molecule has 1 aliphatic rings. The third-order valence-corrected chi connectivity index (χ3v) is 1.73. The summed E-state index contributed by atoms with van der Waals surface area (Å²) in [5.74, 6) is 0. The second-order valence-corrected chi connectivity index (χ2v) is 3.27. The van der Waals surface area contributed by atoms with E-state index < -0.39 is 0 Å². The van der Waals surface area contributed by atoms with Crippen LogP contribution in [0.2, 0.25) is 0 Å². The zero-order valence-electron chi connectivity index (χ0n) is 5.62. The van der Waals surface area contributed by atoms with E-state index in [1.807, 2.05) is 0 Å². The van der Waals surface area contributed by atoms with Crippen LogP contribution >= 0.6 is 0 Å². The molecule has 1 unspecified atom stereocenters. The fourth-order valence-electron chi connectivity index (χ4n) is 0.963. The van der Waals surface area contributed by atoms with Crippen molar-refractivity contribution in [2.24, 2.45) is 0 Å². The van der Waals surface area contributed by atoms with E-state index in [1.165, 1.54) is 5.57 Å². The van der Waals surface area contributed by atoms with Crippen molar-refractivity contribution in [3.8, 4) is 0 Å². The van der Waals surface area contributed by atoms with Crippen LogP contribution in [-0.2, 0) is 22.6 Å². The van der Waals surface area contributed by atoms with Crippen LogP contribution in [-0.4, -0.2) is 10.4 Å². The van der Waals surface area contributed by atoms with E-state index in [9.17, 15) is 0 Å². The Kier molecular flexibility index (Phi) is 2.31. The first-order chi connectivity index (χ1) is 4.18. The molecule has 0 aromatic heterocycles. The second kappa shape index (κ2) is 2.85. The topological polar surface area (TPSA) is 9.23 Å². The van der Waals surface area contributed by atoms with Crippen LogP contribution in [0.3, 0.4) is 0 Å². The van der Waals surface area contributed by atoms with Crippen molar-refractivity contribution in [2.75, 3.05) is 0 Å². The summed E-state index contributed by atoms with van der Waals surface area (Å²) in [7, 11) is 0. The Bertz CT molecular complexity index is 160. The third kappa shape index (κ3) is 2.11. The quantitative estimate of drug-likeness (QED) is 0.551. The first-order valence-electron chi connectivity index (χ1n) is 3.03. The first-order valence-corrected chi connectivity index (χ1v) is 3.90. The summed E-state index contributed by atoms with van der Waals surface area (Å²) >= 11 is 2.48. The van der Waals surface area contributed by atoms with Crippen LogP contribution in [0, 0.1) is 0 Å². The van der Waals surface area contributed by atoms with Crippen LogP contribution in [0.25, 0.3) is 0 Å².